The minimum atomic E-state index is -0.0527. The number of carbonyl (C=O) groups excluding carboxylic acids is 1. The van der Waals surface area contributed by atoms with Gasteiger partial charge in [0.15, 0.2) is 4.96 Å². The fourth-order valence-electron chi connectivity index (χ4n) is 6.05. The van der Waals surface area contributed by atoms with Crippen LogP contribution in [0.5, 0.6) is 0 Å². The van der Waals surface area contributed by atoms with Gasteiger partial charge in [-0.3, -0.25) is 14.0 Å². The molecule has 2 aromatic heterocycles. The highest BCUT2D eigenvalue weighted by atomic mass is 32.2. The van der Waals surface area contributed by atoms with Gasteiger partial charge in [0.05, 0.1) is 11.4 Å². The zero-order valence-corrected chi connectivity index (χ0v) is 17.0. The summed E-state index contributed by atoms with van der Waals surface area (Å²) in [4.78, 5) is 29.6. The van der Waals surface area contributed by atoms with Gasteiger partial charge in [0.1, 0.15) is 0 Å². The van der Waals surface area contributed by atoms with E-state index in [1.807, 2.05) is 5.38 Å². The maximum atomic E-state index is 12.3. The number of thioether (sulfide) groups is 1. The molecule has 144 valence electrons. The Kier molecular flexibility index (Phi) is 4.55. The fourth-order valence-corrected chi connectivity index (χ4v) is 7.54. The molecule has 0 radical (unpaired) electrons. The number of hydrogen-bond acceptors (Lipinski definition) is 5. The Morgan fingerprint density at radius 2 is 1.96 bits per heavy atom. The van der Waals surface area contributed by atoms with Crippen molar-refractivity contribution in [1.82, 2.24) is 14.7 Å². The van der Waals surface area contributed by atoms with Crippen LogP contribution in [0.2, 0.25) is 0 Å². The van der Waals surface area contributed by atoms with Gasteiger partial charge < -0.3 is 5.32 Å². The Bertz CT molecular complexity index is 884. The lowest BCUT2D eigenvalue weighted by atomic mass is 9.49. The molecule has 0 aliphatic heterocycles. The van der Waals surface area contributed by atoms with Crippen molar-refractivity contribution in [3.63, 3.8) is 0 Å². The number of nitrogens with one attached hydrogen (secondary N) is 1. The van der Waals surface area contributed by atoms with E-state index >= 15 is 0 Å². The molecule has 7 heteroatoms. The number of hydrogen-bond donors (Lipinski definition) is 1. The molecule has 27 heavy (non-hydrogen) atoms. The summed E-state index contributed by atoms with van der Waals surface area (Å²) in [5.41, 5.74) is 1.08. The fraction of sp³-hybridized carbons (Fsp3) is 0.650. The van der Waals surface area contributed by atoms with Gasteiger partial charge in [-0.1, -0.05) is 0 Å². The number of carbonyl (C=O) groups is 1. The van der Waals surface area contributed by atoms with Crippen LogP contribution in [0.1, 0.15) is 44.2 Å². The van der Waals surface area contributed by atoms with Gasteiger partial charge in [-0.15, -0.1) is 23.1 Å². The smallest absolute Gasteiger partial charge is 0.258 e. The molecule has 4 saturated carbocycles. The first kappa shape index (κ1) is 17.7. The van der Waals surface area contributed by atoms with Crippen LogP contribution in [0.15, 0.2) is 22.4 Å². The van der Waals surface area contributed by atoms with Crippen LogP contribution in [0.25, 0.3) is 4.96 Å². The predicted molar refractivity (Wildman–Crippen MR) is 109 cm³/mol. The van der Waals surface area contributed by atoms with Crippen LogP contribution in [-0.2, 0) is 10.5 Å². The highest BCUT2D eigenvalue weighted by Crippen LogP contribution is 2.59. The van der Waals surface area contributed by atoms with Crippen LogP contribution in [0.4, 0.5) is 0 Å². The summed E-state index contributed by atoms with van der Waals surface area (Å²) < 4.78 is 1.55. The van der Waals surface area contributed by atoms with Crippen LogP contribution in [0, 0.1) is 23.2 Å². The van der Waals surface area contributed by atoms with Crippen molar-refractivity contribution in [1.29, 1.82) is 0 Å². The molecule has 0 aromatic carbocycles. The minimum absolute atomic E-state index is 0.0527. The Labute approximate surface area is 167 Å². The van der Waals surface area contributed by atoms with Crippen LogP contribution in [-0.4, -0.2) is 27.6 Å². The molecule has 0 unspecified atom stereocenters. The summed E-state index contributed by atoms with van der Waals surface area (Å²) in [5, 5.41) is 5.08. The lowest BCUT2D eigenvalue weighted by Gasteiger charge is -2.56. The van der Waals surface area contributed by atoms with E-state index in [1.165, 1.54) is 61.6 Å². The van der Waals surface area contributed by atoms with Gasteiger partial charge in [-0.25, -0.2) is 4.98 Å². The number of aromatic nitrogens is 2. The zero-order valence-electron chi connectivity index (χ0n) is 15.4. The maximum absolute atomic E-state index is 12.3. The molecule has 0 atom stereocenters. The van der Waals surface area contributed by atoms with Crippen LogP contribution >= 0.6 is 23.1 Å². The van der Waals surface area contributed by atoms with Crippen LogP contribution in [0.3, 0.4) is 0 Å². The average Bonchev–Trinajstić information content (AvgIpc) is 3.08. The molecule has 5 nitrogen and oxygen atoms in total. The second-order valence-corrected chi connectivity index (χ2v) is 10.7. The normalized spacial score (nSPS) is 31.5. The third-order valence-electron chi connectivity index (χ3n) is 6.66. The van der Waals surface area contributed by atoms with Gasteiger partial charge in [0.25, 0.3) is 5.56 Å². The highest BCUT2D eigenvalue weighted by molar-refractivity contribution is 7.99. The standard InChI is InChI=1S/C20H25N3O2S2/c24-17(11-26-10-16-6-18(25)23-1-2-27-19(23)22-16)21-12-20-7-13-3-14(8-20)5-15(4-13)9-20/h1-2,6,13-15H,3-5,7-12H2,(H,21,24). The molecule has 0 spiro atoms. The van der Waals surface area contributed by atoms with E-state index in [1.54, 1.807) is 16.7 Å². The third kappa shape index (κ3) is 3.56. The van der Waals surface area contributed by atoms with Gasteiger partial charge >= 0.3 is 0 Å². The van der Waals surface area contributed by atoms with Crippen molar-refractivity contribution >= 4 is 34.0 Å². The SMILES string of the molecule is O=C(CSCc1cc(=O)n2ccsc2n1)NCC12CC3CC(CC(C3)C1)C2. The van der Waals surface area contributed by atoms with Gasteiger partial charge in [0.2, 0.25) is 5.91 Å². The third-order valence-corrected chi connectivity index (χ3v) is 8.39. The number of rotatable bonds is 6. The Balaban J connectivity index is 1.12. The molecule has 4 fully saturated rings. The Morgan fingerprint density at radius 3 is 2.67 bits per heavy atom. The Hall–Kier alpha value is -1.34. The summed E-state index contributed by atoms with van der Waals surface area (Å²) in [6.45, 7) is 0.858. The van der Waals surface area contributed by atoms with Gasteiger partial charge in [-0.05, 0) is 61.7 Å². The minimum Gasteiger partial charge on any atom is -0.355 e. The lowest BCUT2D eigenvalue weighted by Crippen LogP contribution is -2.51. The van der Waals surface area contributed by atoms with Crippen molar-refractivity contribution in [3.05, 3.63) is 33.7 Å². The summed E-state index contributed by atoms with van der Waals surface area (Å²) in [5.74, 6) is 3.89. The molecular weight excluding hydrogens is 378 g/mol. The predicted octanol–water partition coefficient (Wildman–Crippen LogP) is 3.32. The molecule has 2 heterocycles. The molecule has 2 aromatic rings. The van der Waals surface area contributed by atoms with E-state index in [2.05, 4.69) is 10.3 Å². The Morgan fingerprint density at radius 1 is 1.26 bits per heavy atom. The van der Waals surface area contributed by atoms with Crippen LogP contribution < -0.4 is 10.9 Å². The van der Waals surface area contributed by atoms with E-state index in [4.69, 9.17) is 0 Å². The number of fused-ring (bicyclic) bond motifs is 1. The number of nitrogens with zero attached hydrogens (tertiary/aromatic N) is 2. The first-order valence-electron chi connectivity index (χ1n) is 9.89. The average molecular weight is 404 g/mol. The van der Waals surface area contributed by atoms with Gasteiger partial charge in [-0.2, -0.15) is 0 Å². The summed E-state index contributed by atoms with van der Waals surface area (Å²) in [7, 11) is 0. The topological polar surface area (TPSA) is 63.5 Å². The molecule has 1 amide bonds. The summed E-state index contributed by atoms with van der Waals surface area (Å²) in [6.07, 6.45) is 10.0. The first-order valence-corrected chi connectivity index (χ1v) is 11.9. The monoisotopic (exact) mass is 403 g/mol. The molecule has 0 saturated heterocycles. The second kappa shape index (κ2) is 6.92. The zero-order chi connectivity index (χ0) is 18.4. The van der Waals surface area contributed by atoms with E-state index in [9.17, 15) is 9.59 Å². The van der Waals surface area contributed by atoms with E-state index in [0.29, 0.717) is 21.9 Å². The summed E-state index contributed by atoms with van der Waals surface area (Å²) in [6, 6.07) is 1.57. The number of amides is 1. The molecule has 4 aliphatic carbocycles. The quantitative estimate of drug-likeness (QED) is 0.804. The number of thiazole rings is 1. The second-order valence-electron chi connectivity index (χ2n) is 8.83. The van der Waals surface area contributed by atoms with E-state index in [-0.39, 0.29) is 11.5 Å². The molecule has 4 aliphatic rings. The van der Waals surface area contributed by atoms with Crippen molar-refractivity contribution < 1.29 is 4.79 Å². The largest absolute Gasteiger partial charge is 0.355 e. The first-order chi connectivity index (χ1) is 13.1. The van der Waals surface area contributed by atoms with Crippen molar-refractivity contribution in [2.24, 2.45) is 23.2 Å². The van der Waals surface area contributed by atoms with E-state index in [0.717, 1.165) is 30.0 Å². The molecule has 6 rings (SSSR count). The molecular formula is C20H25N3O2S2. The molecule has 4 bridgehead atoms. The van der Waals surface area contributed by atoms with Crippen molar-refractivity contribution in [2.75, 3.05) is 12.3 Å². The van der Waals surface area contributed by atoms with Gasteiger partial charge in [0, 0.05) is 29.9 Å². The summed E-state index contributed by atoms with van der Waals surface area (Å²) >= 11 is 2.99. The van der Waals surface area contributed by atoms with E-state index < -0.39 is 0 Å². The lowest BCUT2D eigenvalue weighted by molar-refractivity contribution is -0.120. The highest BCUT2D eigenvalue weighted by Gasteiger charge is 2.50. The maximum Gasteiger partial charge on any atom is 0.258 e. The molecule has 1 N–H and O–H groups in total. The van der Waals surface area contributed by atoms with Crippen molar-refractivity contribution in [3.8, 4) is 0 Å². The van der Waals surface area contributed by atoms with Crippen molar-refractivity contribution in [2.45, 2.75) is 44.3 Å².